The maximum atomic E-state index is 12.8. The van der Waals surface area contributed by atoms with Gasteiger partial charge in [-0.15, -0.1) is 5.10 Å². The van der Waals surface area contributed by atoms with E-state index in [9.17, 15) is 4.79 Å². The van der Waals surface area contributed by atoms with Gasteiger partial charge in [-0.3, -0.25) is 4.79 Å². The number of aryl methyl sites for hydroxylation is 2. The molecule has 4 rings (SSSR count). The Morgan fingerprint density at radius 2 is 2.11 bits per heavy atom. The van der Waals surface area contributed by atoms with Crippen LogP contribution in [0.1, 0.15) is 47.6 Å². The summed E-state index contributed by atoms with van der Waals surface area (Å²) in [6, 6.07) is 7.79. The Labute approximate surface area is 157 Å². The highest BCUT2D eigenvalue weighted by atomic mass is 16.5. The molecule has 1 saturated heterocycles. The molecular weight excluding hydrogens is 344 g/mol. The third-order valence-electron chi connectivity index (χ3n) is 4.87. The van der Waals surface area contributed by atoms with E-state index in [1.54, 1.807) is 4.68 Å². The van der Waals surface area contributed by atoms with Crippen molar-refractivity contribution in [2.24, 2.45) is 0 Å². The quantitative estimate of drug-likeness (QED) is 0.705. The molecule has 1 amide bonds. The molecule has 1 fully saturated rings. The van der Waals surface area contributed by atoms with Gasteiger partial charge in [0.2, 0.25) is 0 Å². The van der Waals surface area contributed by atoms with Crippen LogP contribution < -0.4 is 0 Å². The lowest BCUT2D eigenvalue weighted by Gasteiger charge is -2.32. The predicted octanol–water partition coefficient (Wildman–Crippen LogP) is 2.68. The monoisotopic (exact) mass is 366 g/mol. The van der Waals surface area contributed by atoms with Crippen LogP contribution in [0.4, 0.5) is 0 Å². The molecule has 27 heavy (non-hydrogen) atoms. The van der Waals surface area contributed by atoms with Gasteiger partial charge in [-0.25, -0.2) is 4.68 Å². The van der Waals surface area contributed by atoms with Crippen molar-refractivity contribution in [1.29, 1.82) is 0 Å². The lowest BCUT2D eigenvalue weighted by molar-refractivity contribution is 0.0672. The van der Waals surface area contributed by atoms with Crippen molar-refractivity contribution < 1.29 is 9.32 Å². The normalized spacial score (nSPS) is 17.3. The Hall–Kier alpha value is -3.03. The SMILES string of the molecule is CCc1noc(-c2cn(C3CCCN(C(=O)c4ccc(C)cc4)C3)nn2)n1. The molecule has 0 bridgehead atoms. The molecule has 2 aromatic heterocycles. The Morgan fingerprint density at radius 3 is 2.85 bits per heavy atom. The summed E-state index contributed by atoms with van der Waals surface area (Å²) in [5.74, 6) is 1.08. The molecule has 0 saturated carbocycles. The van der Waals surface area contributed by atoms with Crippen LogP contribution >= 0.6 is 0 Å². The fraction of sp³-hybridized carbons (Fsp3) is 0.421. The number of carbonyl (C=O) groups is 1. The Balaban J connectivity index is 1.48. The molecule has 1 unspecified atom stereocenters. The van der Waals surface area contributed by atoms with Crippen LogP contribution in [0, 0.1) is 6.92 Å². The average molecular weight is 366 g/mol. The van der Waals surface area contributed by atoms with Gasteiger partial charge in [0.25, 0.3) is 11.8 Å². The van der Waals surface area contributed by atoms with Gasteiger partial charge < -0.3 is 9.42 Å². The van der Waals surface area contributed by atoms with Gasteiger partial charge in [-0.2, -0.15) is 4.98 Å². The van der Waals surface area contributed by atoms with Crippen molar-refractivity contribution in [2.75, 3.05) is 13.1 Å². The highest BCUT2D eigenvalue weighted by Gasteiger charge is 2.27. The number of hydrogen-bond acceptors (Lipinski definition) is 6. The predicted molar refractivity (Wildman–Crippen MR) is 98.0 cm³/mol. The summed E-state index contributed by atoms with van der Waals surface area (Å²) in [6.07, 6.45) is 4.40. The number of carbonyl (C=O) groups excluding carboxylic acids is 1. The topological polar surface area (TPSA) is 89.9 Å². The number of benzene rings is 1. The van der Waals surface area contributed by atoms with Crippen molar-refractivity contribution in [3.8, 4) is 11.6 Å². The van der Waals surface area contributed by atoms with Crippen molar-refractivity contribution in [1.82, 2.24) is 30.0 Å². The van der Waals surface area contributed by atoms with E-state index in [2.05, 4.69) is 20.5 Å². The molecule has 0 spiro atoms. The second-order valence-corrected chi connectivity index (χ2v) is 6.87. The van der Waals surface area contributed by atoms with Crippen molar-refractivity contribution >= 4 is 5.91 Å². The zero-order valence-corrected chi connectivity index (χ0v) is 15.5. The Morgan fingerprint density at radius 1 is 1.30 bits per heavy atom. The second-order valence-electron chi connectivity index (χ2n) is 6.87. The molecule has 0 radical (unpaired) electrons. The molecule has 1 aliphatic rings. The smallest absolute Gasteiger partial charge is 0.280 e. The molecule has 0 N–H and O–H groups in total. The van der Waals surface area contributed by atoms with E-state index in [4.69, 9.17) is 4.52 Å². The van der Waals surface area contributed by atoms with E-state index in [1.165, 1.54) is 0 Å². The van der Waals surface area contributed by atoms with E-state index in [0.717, 1.165) is 30.5 Å². The van der Waals surface area contributed by atoms with Crippen molar-refractivity contribution in [3.05, 3.63) is 47.4 Å². The fourth-order valence-corrected chi connectivity index (χ4v) is 3.29. The first-order valence-corrected chi connectivity index (χ1v) is 9.24. The van der Waals surface area contributed by atoms with Crippen LogP contribution in [-0.2, 0) is 6.42 Å². The van der Waals surface area contributed by atoms with Crippen molar-refractivity contribution in [3.63, 3.8) is 0 Å². The molecule has 0 aliphatic carbocycles. The maximum absolute atomic E-state index is 12.8. The summed E-state index contributed by atoms with van der Waals surface area (Å²) >= 11 is 0. The van der Waals surface area contributed by atoms with Crippen LogP contribution in [0.3, 0.4) is 0 Å². The van der Waals surface area contributed by atoms with E-state index < -0.39 is 0 Å². The molecule has 1 aromatic carbocycles. The number of piperidine rings is 1. The number of aromatic nitrogens is 5. The van der Waals surface area contributed by atoms with Crippen LogP contribution in [0.5, 0.6) is 0 Å². The van der Waals surface area contributed by atoms with E-state index in [0.29, 0.717) is 30.4 Å². The Bertz CT molecular complexity index is 930. The zero-order chi connectivity index (χ0) is 18.8. The van der Waals surface area contributed by atoms with E-state index >= 15 is 0 Å². The third kappa shape index (κ3) is 3.60. The fourth-order valence-electron chi connectivity index (χ4n) is 3.29. The van der Waals surface area contributed by atoms with Gasteiger partial charge in [0.15, 0.2) is 11.5 Å². The minimum Gasteiger partial charge on any atom is -0.337 e. The molecule has 3 aromatic rings. The van der Waals surface area contributed by atoms with E-state index in [-0.39, 0.29) is 11.9 Å². The lowest BCUT2D eigenvalue weighted by Crippen LogP contribution is -2.40. The van der Waals surface area contributed by atoms with Gasteiger partial charge >= 0.3 is 0 Å². The largest absolute Gasteiger partial charge is 0.337 e. The van der Waals surface area contributed by atoms with Gasteiger partial charge in [0, 0.05) is 25.1 Å². The van der Waals surface area contributed by atoms with Crippen LogP contribution in [0.2, 0.25) is 0 Å². The molecule has 1 aliphatic heterocycles. The first-order chi connectivity index (χ1) is 13.1. The maximum Gasteiger partial charge on any atom is 0.280 e. The first kappa shape index (κ1) is 17.4. The number of nitrogens with zero attached hydrogens (tertiary/aromatic N) is 6. The lowest BCUT2D eigenvalue weighted by atomic mass is 10.0. The zero-order valence-electron chi connectivity index (χ0n) is 15.5. The molecule has 8 nitrogen and oxygen atoms in total. The summed E-state index contributed by atoms with van der Waals surface area (Å²) in [7, 11) is 0. The first-order valence-electron chi connectivity index (χ1n) is 9.24. The molecule has 140 valence electrons. The number of rotatable bonds is 4. The van der Waals surface area contributed by atoms with Gasteiger partial charge in [0.1, 0.15) is 0 Å². The molecule has 1 atom stereocenters. The van der Waals surface area contributed by atoms with E-state index in [1.807, 2.05) is 49.2 Å². The van der Waals surface area contributed by atoms with Crippen molar-refractivity contribution in [2.45, 2.75) is 39.2 Å². The van der Waals surface area contributed by atoms with Gasteiger partial charge in [0.05, 0.1) is 12.2 Å². The summed E-state index contributed by atoms with van der Waals surface area (Å²) in [5, 5.41) is 12.3. The minimum absolute atomic E-state index is 0.0597. The van der Waals surface area contributed by atoms with Crippen LogP contribution in [-0.4, -0.2) is 49.0 Å². The van der Waals surface area contributed by atoms with Gasteiger partial charge in [-0.1, -0.05) is 35.0 Å². The second kappa shape index (κ2) is 7.30. The molecular formula is C19H22N6O2. The highest BCUT2D eigenvalue weighted by Crippen LogP contribution is 2.24. The summed E-state index contributed by atoms with van der Waals surface area (Å²) < 4.78 is 7.03. The summed E-state index contributed by atoms with van der Waals surface area (Å²) in [4.78, 5) is 19.0. The minimum atomic E-state index is 0.0597. The standard InChI is InChI=1S/C19H22N6O2/c1-3-17-20-18(27-22-17)16-12-25(23-21-16)15-5-4-10-24(11-15)19(26)14-8-6-13(2)7-9-14/h6-9,12,15H,3-5,10-11H2,1-2H3. The van der Waals surface area contributed by atoms with Crippen LogP contribution in [0.25, 0.3) is 11.6 Å². The van der Waals surface area contributed by atoms with Crippen LogP contribution in [0.15, 0.2) is 35.0 Å². The highest BCUT2D eigenvalue weighted by molar-refractivity contribution is 5.94. The number of hydrogen-bond donors (Lipinski definition) is 0. The van der Waals surface area contributed by atoms with Gasteiger partial charge in [-0.05, 0) is 31.9 Å². The summed E-state index contributed by atoms with van der Waals surface area (Å²) in [6.45, 7) is 5.35. The Kier molecular flexibility index (Phi) is 4.70. The number of likely N-dealkylation sites (tertiary alicyclic amines) is 1. The molecule has 3 heterocycles. The third-order valence-corrected chi connectivity index (χ3v) is 4.87. The summed E-state index contributed by atoms with van der Waals surface area (Å²) in [5.41, 5.74) is 2.42. The molecule has 8 heteroatoms. The number of amides is 1. The average Bonchev–Trinajstić information content (AvgIpc) is 3.37.